The molecule has 23 heavy (non-hydrogen) atoms. The van der Waals surface area contributed by atoms with Crippen molar-refractivity contribution in [2.75, 3.05) is 7.11 Å². The predicted octanol–water partition coefficient (Wildman–Crippen LogP) is 0.970. The molecule has 0 aliphatic rings. The Bertz CT molecular complexity index is 903. The molecule has 120 valence electrons. The maximum atomic E-state index is 12.4. The lowest BCUT2D eigenvalue weighted by molar-refractivity contribution is 0.406. The van der Waals surface area contributed by atoms with Crippen molar-refractivity contribution in [1.82, 2.24) is 14.1 Å². The minimum atomic E-state index is -0.608. The highest BCUT2D eigenvalue weighted by Gasteiger charge is 2.15. The molecule has 7 heteroatoms. The summed E-state index contributed by atoms with van der Waals surface area (Å²) in [7, 11) is 1.56. The number of ether oxygens (including phenoxy) is 1. The van der Waals surface area contributed by atoms with Crippen LogP contribution in [-0.2, 0) is 13.1 Å². The number of hydrogen-bond acceptors (Lipinski definition) is 5. The fourth-order valence-corrected chi connectivity index (χ4v) is 2.48. The van der Waals surface area contributed by atoms with E-state index >= 15 is 0 Å². The topological polar surface area (TPSA) is 89.9 Å². The first-order chi connectivity index (χ1) is 10.9. The van der Waals surface area contributed by atoms with Crippen molar-refractivity contribution in [1.29, 1.82) is 5.26 Å². The maximum Gasteiger partial charge on any atom is 0.331 e. The first-order valence-electron chi connectivity index (χ1n) is 7.18. The Morgan fingerprint density at radius 1 is 1.35 bits per heavy atom. The zero-order valence-corrected chi connectivity index (χ0v) is 13.6. The summed E-state index contributed by atoms with van der Waals surface area (Å²) in [6.07, 6.45) is 2.93. The van der Waals surface area contributed by atoms with Crippen molar-refractivity contribution >= 4 is 0 Å². The molecule has 0 amide bonds. The Morgan fingerprint density at radius 3 is 2.61 bits per heavy atom. The van der Waals surface area contributed by atoms with Gasteiger partial charge in [0.15, 0.2) is 0 Å². The molecular weight excluding hydrogens is 296 g/mol. The van der Waals surface area contributed by atoms with Gasteiger partial charge in [-0.05, 0) is 20.8 Å². The van der Waals surface area contributed by atoms with Crippen LogP contribution in [0.15, 0.2) is 22.0 Å². The molecule has 0 saturated heterocycles. The molecule has 0 aliphatic heterocycles. The molecular formula is C16H18N4O3. The van der Waals surface area contributed by atoms with E-state index in [0.29, 0.717) is 18.0 Å². The Balaban J connectivity index is 2.65. The highest BCUT2D eigenvalue weighted by molar-refractivity contribution is 5.41. The maximum absolute atomic E-state index is 12.4. The van der Waals surface area contributed by atoms with Gasteiger partial charge in [-0.3, -0.25) is 18.9 Å². The number of aromatic nitrogens is 3. The molecule has 0 fully saturated rings. The normalized spacial score (nSPS) is 10.4. The number of nitrogens with zero attached hydrogens (tertiary/aromatic N) is 4. The molecule has 2 aromatic heterocycles. The van der Waals surface area contributed by atoms with E-state index in [1.807, 2.05) is 19.9 Å². The van der Waals surface area contributed by atoms with Crippen LogP contribution >= 0.6 is 0 Å². The number of methoxy groups -OCH3 is 1. The van der Waals surface area contributed by atoms with Crippen molar-refractivity contribution < 1.29 is 4.74 Å². The predicted molar refractivity (Wildman–Crippen MR) is 84.7 cm³/mol. The summed E-state index contributed by atoms with van der Waals surface area (Å²) in [5, 5.41) is 9.08. The molecule has 0 N–H and O–H groups in total. The van der Waals surface area contributed by atoms with E-state index in [-0.39, 0.29) is 12.1 Å². The zero-order chi connectivity index (χ0) is 17.1. The average Bonchev–Trinajstić information content (AvgIpc) is 2.54. The first kappa shape index (κ1) is 16.5. The minimum absolute atomic E-state index is 0.00431. The molecule has 7 nitrogen and oxygen atoms in total. The fourth-order valence-electron chi connectivity index (χ4n) is 2.48. The van der Waals surface area contributed by atoms with Gasteiger partial charge < -0.3 is 4.74 Å². The molecule has 0 spiro atoms. The second-order valence-electron chi connectivity index (χ2n) is 5.16. The van der Waals surface area contributed by atoms with Crippen LogP contribution < -0.4 is 16.0 Å². The summed E-state index contributed by atoms with van der Waals surface area (Å²) < 4.78 is 7.71. The lowest BCUT2D eigenvalue weighted by Gasteiger charge is -2.14. The SMILES string of the molecule is CCn1cc(C#N)c(=O)n(Cc2ncc(C)c(OC)c2C)c1=O. The van der Waals surface area contributed by atoms with Crippen LogP contribution in [0.2, 0.25) is 0 Å². The Hall–Kier alpha value is -2.88. The summed E-state index contributed by atoms with van der Waals surface area (Å²) in [6.45, 7) is 5.84. The lowest BCUT2D eigenvalue weighted by atomic mass is 10.1. The van der Waals surface area contributed by atoms with Gasteiger partial charge in [0.25, 0.3) is 5.56 Å². The lowest BCUT2D eigenvalue weighted by Crippen LogP contribution is -2.41. The number of pyridine rings is 1. The van der Waals surface area contributed by atoms with E-state index in [1.165, 1.54) is 10.8 Å². The summed E-state index contributed by atoms with van der Waals surface area (Å²) in [4.78, 5) is 29.0. The van der Waals surface area contributed by atoms with Crippen molar-refractivity contribution in [3.63, 3.8) is 0 Å². The first-order valence-corrected chi connectivity index (χ1v) is 7.18. The summed E-state index contributed by atoms with van der Waals surface area (Å²) >= 11 is 0. The second-order valence-corrected chi connectivity index (χ2v) is 5.16. The molecule has 0 aromatic carbocycles. The van der Waals surface area contributed by atoms with Crippen LogP contribution in [0.25, 0.3) is 0 Å². The number of nitriles is 1. The smallest absolute Gasteiger partial charge is 0.331 e. The number of rotatable bonds is 4. The van der Waals surface area contributed by atoms with Crippen LogP contribution in [0, 0.1) is 25.2 Å². The molecule has 2 aromatic rings. The van der Waals surface area contributed by atoms with Crippen molar-refractivity contribution in [2.24, 2.45) is 0 Å². The standard InChI is InChI=1S/C16H18N4O3/c1-5-19-8-12(6-17)15(21)20(16(19)22)9-13-11(3)14(23-4)10(2)7-18-13/h7-8H,5,9H2,1-4H3. The van der Waals surface area contributed by atoms with Crippen LogP contribution in [0.3, 0.4) is 0 Å². The van der Waals surface area contributed by atoms with Crippen molar-refractivity contribution in [3.05, 3.63) is 55.6 Å². The van der Waals surface area contributed by atoms with E-state index in [9.17, 15) is 9.59 Å². The fraction of sp³-hybridized carbons (Fsp3) is 0.375. The van der Waals surface area contributed by atoms with Crippen LogP contribution in [0.4, 0.5) is 0 Å². The van der Waals surface area contributed by atoms with Crippen LogP contribution in [-0.4, -0.2) is 21.2 Å². The van der Waals surface area contributed by atoms with Gasteiger partial charge in [0.05, 0.1) is 19.3 Å². The Labute approximate surface area is 133 Å². The van der Waals surface area contributed by atoms with Gasteiger partial charge in [-0.25, -0.2) is 4.79 Å². The summed E-state index contributed by atoms with van der Waals surface area (Å²) in [5.41, 5.74) is 1.06. The highest BCUT2D eigenvalue weighted by atomic mass is 16.5. The van der Waals surface area contributed by atoms with E-state index in [1.54, 1.807) is 20.2 Å². The molecule has 0 radical (unpaired) electrons. The largest absolute Gasteiger partial charge is 0.496 e. The van der Waals surface area contributed by atoms with Gasteiger partial charge in [-0.1, -0.05) is 0 Å². The third-order valence-electron chi connectivity index (χ3n) is 3.76. The van der Waals surface area contributed by atoms with E-state index < -0.39 is 11.2 Å². The van der Waals surface area contributed by atoms with Gasteiger partial charge in [0, 0.05) is 30.1 Å². The summed E-state index contributed by atoms with van der Waals surface area (Å²) in [5.74, 6) is 0.676. The molecule has 0 aliphatic carbocycles. The second kappa shape index (κ2) is 6.48. The highest BCUT2D eigenvalue weighted by Crippen LogP contribution is 2.23. The van der Waals surface area contributed by atoms with Crippen LogP contribution in [0.1, 0.15) is 29.3 Å². The van der Waals surface area contributed by atoms with Gasteiger partial charge in [-0.2, -0.15) is 5.26 Å². The van der Waals surface area contributed by atoms with E-state index in [2.05, 4.69) is 4.98 Å². The van der Waals surface area contributed by atoms with Gasteiger partial charge >= 0.3 is 5.69 Å². The monoisotopic (exact) mass is 314 g/mol. The van der Waals surface area contributed by atoms with E-state index in [0.717, 1.165) is 15.7 Å². The zero-order valence-electron chi connectivity index (χ0n) is 13.6. The van der Waals surface area contributed by atoms with Crippen molar-refractivity contribution in [2.45, 2.75) is 33.9 Å². The third-order valence-corrected chi connectivity index (χ3v) is 3.76. The Kier molecular flexibility index (Phi) is 4.65. The number of hydrogen-bond donors (Lipinski definition) is 0. The minimum Gasteiger partial charge on any atom is -0.496 e. The molecule has 0 saturated carbocycles. The molecule has 2 rings (SSSR count). The Morgan fingerprint density at radius 2 is 2.04 bits per heavy atom. The van der Waals surface area contributed by atoms with Gasteiger partial charge in [-0.15, -0.1) is 0 Å². The van der Waals surface area contributed by atoms with E-state index in [4.69, 9.17) is 10.00 Å². The van der Waals surface area contributed by atoms with Crippen molar-refractivity contribution in [3.8, 4) is 11.8 Å². The molecule has 2 heterocycles. The summed E-state index contributed by atoms with van der Waals surface area (Å²) in [6, 6.07) is 1.83. The average molecular weight is 314 g/mol. The molecule has 0 unspecified atom stereocenters. The number of aryl methyl sites for hydroxylation is 2. The molecule has 0 atom stereocenters. The third kappa shape index (κ3) is 2.88. The van der Waals surface area contributed by atoms with Gasteiger partial charge in [0.2, 0.25) is 0 Å². The quantitative estimate of drug-likeness (QED) is 0.839. The van der Waals surface area contributed by atoms with Crippen LogP contribution in [0.5, 0.6) is 5.75 Å². The molecule has 0 bridgehead atoms. The van der Waals surface area contributed by atoms with Gasteiger partial charge in [0.1, 0.15) is 17.4 Å².